The zero-order valence-corrected chi connectivity index (χ0v) is 26.2. The van der Waals surface area contributed by atoms with E-state index in [0.29, 0.717) is 5.69 Å². The zero-order chi connectivity index (χ0) is 30.4. The minimum Gasteiger partial charge on any atom is -0.352 e. The molecule has 4 rings (SSSR count). The first-order valence-electron chi connectivity index (χ1n) is 14.8. The van der Waals surface area contributed by atoms with Crippen LogP contribution in [-0.4, -0.2) is 43.8 Å². The van der Waals surface area contributed by atoms with E-state index in [1.807, 2.05) is 50.2 Å². The summed E-state index contributed by atoms with van der Waals surface area (Å²) in [4.78, 5) is 29.2. The molecule has 1 aliphatic carbocycles. The third-order valence-corrected chi connectivity index (χ3v) is 9.99. The smallest absolute Gasteiger partial charge is 0.264 e. The normalized spacial score (nSPS) is 14.5. The molecule has 7 nitrogen and oxygen atoms in total. The van der Waals surface area contributed by atoms with E-state index in [1.54, 1.807) is 43.3 Å². The van der Waals surface area contributed by atoms with Crippen LogP contribution in [0.1, 0.15) is 74.6 Å². The third kappa shape index (κ3) is 7.40. The number of anilines is 1. The highest BCUT2D eigenvalue weighted by molar-refractivity contribution is 7.92. The van der Waals surface area contributed by atoms with Crippen LogP contribution in [-0.2, 0) is 26.2 Å². The average Bonchev–Trinajstić information content (AvgIpc) is 3.48. The van der Waals surface area contributed by atoms with Crippen molar-refractivity contribution < 1.29 is 18.0 Å². The van der Waals surface area contributed by atoms with Gasteiger partial charge in [0, 0.05) is 12.6 Å². The molecule has 1 atom stereocenters. The van der Waals surface area contributed by atoms with Crippen molar-refractivity contribution >= 4 is 27.5 Å². The van der Waals surface area contributed by atoms with Crippen molar-refractivity contribution in [2.75, 3.05) is 10.8 Å². The standard InChI is InChI=1S/C34H43N3O4S/c1-24(2)28-16-18-31(19-17-28)37(42(40,41)32-20-14-25(3)15-21-32)23-33(38)36(22-29-11-7-6-10-26(29)4)27(5)34(39)35-30-12-8-9-13-30/h6-7,10-11,14-21,24,27,30H,8-9,12-13,22-23H2,1-5H3,(H,35,39)/t27-/m1/s1. The Bertz CT molecular complexity index is 1480. The Labute approximate surface area is 251 Å². The fraction of sp³-hybridized carbons (Fsp3) is 0.412. The van der Waals surface area contributed by atoms with E-state index >= 15 is 0 Å². The number of hydrogen-bond donors (Lipinski definition) is 1. The van der Waals surface area contributed by atoms with Crippen molar-refractivity contribution in [3.05, 3.63) is 95.1 Å². The summed E-state index contributed by atoms with van der Waals surface area (Å²) in [6, 6.07) is 20.9. The van der Waals surface area contributed by atoms with Gasteiger partial charge >= 0.3 is 0 Å². The fourth-order valence-electron chi connectivity index (χ4n) is 5.34. The quantitative estimate of drug-likeness (QED) is 0.293. The number of sulfonamides is 1. The van der Waals surface area contributed by atoms with Gasteiger partial charge in [0.1, 0.15) is 12.6 Å². The minimum absolute atomic E-state index is 0.103. The monoisotopic (exact) mass is 589 g/mol. The van der Waals surface area contributed by atoms with E-state index in [2.05, 4.69) is 19.2 Å². The van der Waals surface area contributed by atoms with Crippen LogP contribution in [0.25, 0.3) is 0 Å². The molecule has 1 N–H and O–H groups in total. The van der Waals surface area contributed by atoms with Crippen LogP contribution in [0.3, 0.4) is 0 Å². The maximum Gasteiger partial charge on any atom is 0.264 e. The van der Waals surface area contributed by atoms with E-state index in [1.165, 1.54) is 4.90 Å². The van der Waals surface area contributed by atoms with Gasteiger partial charge in [-0.1, -0.05) is 80.8 Å². The zero-order valence-electron chi connectivity index (χ0n) is 25.3. The number of nitrogens with zero attached hydrogens (tertiary/aromatic N) is 2. The van der Waals surface area contributed by atoms with E-state index in [4.69, 9.17) is 0 Å². The van der Waals surface area contributed by atoms with Crippen molar-refractivity contribution in [1.82, 2.24) is 10.2 Å². The molecule has 8 heteroatoms. The van der Waals surface area contributed by atoms with E-state index in [-0.39, 0.29) is 29.3 Å². The summed E-state index contributed by atoms with van der Waals surface area (Å²) in [5.41, 5.74) is 4.29. The van der Waals surface area contributed by atoms with Crippen molar-refractivity contribution in [2.24, 2.45) is 0 Å². The summed E-state index contributed by atoms with van der Waals surface area (Å²) in [7, 11) is -4.09. The van der Waals surface area contributed by atoms with E-state index in [0.717, 1.165) is 52.2 Å². The van der Waals surface area contributed by atoms with Crippen molar-refractivity contribution in [2.45, 2.75) is 89.7 Å². The molecule has 3 aromatic carbocycles. The average molecular weight is 590 g/mol. The molecule has 42 heavy (non-hydrogen) atoms. The lowest BCUT2D eigenvalue weighted by atomic mass is 10.0. The summed E-state index contributed by atoms with van der Waals surface area (Å²) < 4.78 is 29.2. The maximum atomic E-state index is 14.2. The van der Waals surface area contributed by atoms with Gasteiger partial charge in [-0.25, -0.2) is 8.42 Å². The fourth-order valence-corrected chi connectivity index (χ4v) is 6.75. The number of rotatable bonds is 11. The predicted octanol–water partition coefficient (Wildman–Crippen LogP) is 6.10. The summed E-state index contributed by atoms with van der Waals surface area (Å²) >= 11 is 0. The van der Waals surface area contributed by atoms with Gasteiger partial charge in [-0.3, -0.25) is 13.9 Å². The van der Waals surface area contributed by atoms with Crippen LogP contribution in [0, 0.1) is 13.8 Å². The van der Waals surface area contributed by atoms with Gasteiger partial charge in [0.2, 0.25) is 11.8 Å². The molecule has 1 saturated carbocycles. The van der Waals surface area contributed by atoms with Crippen LogP contribution in [0.2, 0.25) is 0 Å². The number of amides is 2. The van der Waals surface area contributed by atoms with Crippen LogP contribution in [0.4, 0.5) is 5.69 Å². The van der Waals surface area contributed by atoms with Crippen molar-refractivity contribution in [3.63, 3.8) is 0 Å². The summed E-state index contributed by atoms with van der Waals surface area (Å²) in [5.74, 6) is -0.402. The lowest BCUT2D eigenvalue weighted by molar-refractivity contribution is -0.139. The molecule has 0 spiro atoms. The Balaban J connectivity index is 1.70. The highest BCUT2D eigenvalue weighted by Gasteiger charge is 2.33. The highest BCUT2D eigenvalue weighted by Crippen LogP contribution is 2.27. The predicted molar refractivity (Wildman–Crippen MR) is 168 cm³/mol. The van der Waals surface area contributed by atoms with Gasteiger partial charge in [-0.2, -0.15) is 0 Å². The van der Waals surface area contributed by atoms with Gasteiger partial charge in [0.05, 0.1) is 10.6 Å². The number of benzene rings is 3. The summed E-state index contributed by atoms with van der Waals surface area (Å²) in [5, 5.41) is 3.11. The largest absolute Gasteiger partial charge is 0.352 e. The molecule has 1 fully saturated rings. The first kappa shape index (κ1) is 31.3. The van der Waals surface area contributed by atoms with Crippen LogP contribution < -0.4 is 9.62 Å². The molecule has 0 aromatic heterocycles. The molecule has 0 saturated heterocycles. The Morgan fingerprint density at radius 3 is 2.10 bits per heavy atom. The van der Waals surface area contributed by atoms with E-state index in [9.17, 15) is 18.0 Å². The number of nitrogens with one attached hydrogen (secondary N) is 1. The van der Waals surface area contributed by atoms with Gasteiger partial charge in [0.15, 0.2) is 0 Å². The summed E-state index contributed by atoms with van der Waals surface area (Å²) in [6.45, 7) is 9.47. The number of hydrogen-bond acceptors (Lipinski definition) is 4. The Hall–Kier alpha value is -3.65. The molecule has 0 heterocycles. The molecular weight excluding hydrogens is 546 g/mol. The van der Waals surface area contributed by atoms with E-state index < -0.39 is 28.5 Å². The SMILES string of the molecule is Cc1ccc(S(=O)(=O)N(CC(=O)N(Cc2ccccc2C)[C@H](C)C(=O)NC2CCCC2)c2ccc(C(C)C)cc2)cc1. The lowest BCUT2D eigenvalue weighted by Crippen LogP contribution is -2.52. The second kappa shape index (κ2) is 13.6. The molecule has 0 aliphatic heterocycles. The molecule has 0 unspecified atom stereocenters. The van der Waals surface area contributed by atoms with Gasteiger partial charge in [-0.05, 0) is 80.5 Å². The first-order chi connectivity index (χ1) is 20.0. The molecule has 0 bridgehead atoms. The topological polar surface area (TPSA) is 86.8 Å². The van der Waals surface area contributed by atoms with Gasteiger partial charge < -0.3 is 10.2 Å². The van der Waals surface area contributed by atoms with Gasteiger partial charge in [0.25, 0.3) is 10.0 Å². The minimum atomic E-state index is -4.09. The number of carbonyl (C=O) groups excluding carboxylic acids is 2. The highest BCUT2D eigenvalue weighted by atomic mass is 32.2. The second-order valence-electron chi connectivity index (χ2n) is 11.7. The molecule has 3 aromatic rings. The molecular formula is C34H43N3O4S. The van der Waals surface area contributed by atoms with Gasteiger partial charge in [-0.15, -0.1) is 0 Å². The van der Waals surface area contributed by atoms with Crippen molar-refractivity contribution in [3.8, 4) is 0 Å². The van der Waals surface area contributed by atoms with Crippen LogP contribution in [0.15, 0.2) is 77.7 Å². The number of aryl methyl sites for hydroxylation is 2. The first-order valence-corrected chi connectivity index (χ1v) is 16.2. The van der Waals surface area contributed by atoms with Crippen LogP contribution in [0.5, 0.6) is 0 Å². The molecule has 2 amide bonds. The third-order valence-electron chi connectivity index (χ3n) is 8.21. The van der Waals surface area contributed by atoms with Crippen molar-refractivity contribution in [1.29, 1.82) is 0 Å². The Morgan fingerprint density at radius 2 is 1.50 bits per heavy atom. The second-order valence-corrected chi connectivity index (χ2v) is 13.5. The molecule has 1 aliphatic rings. The number of carbonyl (C=O) groups is 2. The summed E-state index contributed by atoms with van der Waals surface area (Å²) in [6.07, 6.45) is 4.01. The Morgan fingerprint density at radius 1 is 0.881 bits per heavy atom. The Kier molecular flexibility index (Phi) is 10.1. The molecule has 0 radical (unpaired) electrons. The molecule has 224 valence electrons. The lowest BCUT2D eigenvalue weighted by Gasteiger charge is -2.33. The maximum absolute atomic E-state index is 14.2. The van der Waals surface area contributed by atoms with Crippen LogP contribution >= 0.6 is 0 Å².